The highest BCUT2D eigenvalue weighted by molar-refractivity contribution is 6.44. The number of carbonyl (C=O) groups excluding carboxylic acids is 1. The fraction of sp³-hybridized carbons (Fsp3) is 0.909. The van der Waals surface area contributed by atoms with Crippen molar-refractivity contribution in [3.05, 3.63) is 0 Å². The lowest BCUT2D eigenvalue weighted by Crippen LogP contribution is -2.37. The molecule has 0 radical (unpaired) electrons. The molecule has 2 amide bonds. The summed E-state index contributed by atoms with van der Waals surface area (Å²) in [6, 6.07) is 1.65. The van der Waals surface area contributed by atoms with Gasteiger partial charge in [-0.1, -0.05) is 0 Å². The van der Waals surface area contributed by atoms with Gasteiger partial charge in [-0.15, -0.1) is 0 Å². The Balaban J connectivity index is 3.45. The molecule has 7 nitrogen and oxygen atoms in total. The standard InChI is InChI=1S/C11H28N2O5Si2/c1-15-19(16-2)9-5-7-12-11(14)13-8-6-10-20(17-3)18-4/h19-20H,5-10H2,1-4H3,(H2,12,13,14). The lowest BCUT2D eigenvalue weighted by atomic mass is 10.4. The first-order valence-electron chi connectivity index (χ1n) is 6.80. The lowest BCUT2D eigenvalue weighted by molar-refractivity contribution is 0.240. The molecule has 0 aliphatic rings. The Hall–Kier alpha value is -0.456. The van der Waals surface area contributed by atoms with E-state index in [4.69, 9.17) is 17.7 Å². The van der Waals surface area contributed by atoms with Crippen LogP contribution in [0.2, 0.25) is 12.1 Å². The van der Waals surface area contributed by atoms with E-state index in [1.54, 1.807) is 28.4 Å². The maximum absolute atomic E-state index is 11.5. The third kappa shape index (κ3) is 10.3. The largest absolute Gasteiger partial charge is 0.400 e. The molecule has 120 valence electrons. The van der Waals surface area contributed by atoms with E-state index in [0.29, 0.717) is 13.1 Å². The maximum Gasteiger partial charge on any atom is 0.320 e. The summed E-state index contributed by atoms with van der Waals surface area (Å²) in [5.74, 6) is 0. The van der Waals surface area contributed by atoms with Crippen molar-refractivity contribution in [2.24, 2.45) is 0 Å². The molecule has 0 rings (SSSR count). The van der Waals surface area contributed by atoms with Gasteiger partial charge >= 0.3 is 24.6 Å². The minimum atomic E-state index is -1.50. The van der Waals surface area contributed by atoms with Gasteiger partial charge in [0.05, 0.1) is 0 Å². The summed E-state index contributed by atoms with van der Waals surface area (Å²) in [7, 11) is 3.66. The molecule has 0 spiro atoms. The monoisotopic (exact) mass is 324 g/mol. The summed E-state index contributed by atoms with van der Waals surface area (Å²) in [5.41, 5.74) is 0. The Morgan fingerprint density at radius 1 is 0.800 bits per heavy atom. The van der Waals surface area contributed by atoms with Crippen LogP contribution in [0.15, 0.2) is 0 Å². The molecule has 0 aliphatic heterocycles. The Bertz CT molecular complexity index is 219. The predicted molar refractivity (Wildman–Crippen MR) is 82.6 cm³/mol. The maximum atomic E-state index is 11.5. The average Bonchev–Trinajstić information content (AvgIpc) is 2.47. The highest BCUT2D eigenvalue weighted by atomic mass is 28.3. The Labute approximate surface area is 125 Å². The van der Waals surface area contributed by atoms with Crippen molar-refractivity contribution in [3.63, 3.8) is 0 Å². The van der Waals surface area contributed by atoms with Crippen LogP contribution in [0.3, 0.4) is 0 Å². The average molecular weight is 325 g/mol. The van der Waals surface area contributed by atoms with Crippen LogP contribution in [0.1, 0.15) is 12.8 Å². The molecule has 2 N–H and O–H groups in total. The normalized spacial score (nSPS) is 11.1. The number of nitrogens with one attached hydrogen (secondary N) is 2. The van der Waals surface area contributed by atoms with Gasteiger partial charge in [-0.05, 0) is 24.9 Å². The van der Waals surface area contributed by atoms with Crippen LogP contribution in [0.4, 0.5) is 4.79 Å². The molecule has 0 aromatic carbocycles. The zero-order chi connectivity index (χ0) is 15.2. The molecular formula is C11H28N2O5Si2. The summed E-state index contributed by atoms with van der Waals surface area (Å²) in [6.45, 7) is 1.27. The number of hydrogen-bond acceptors (Lipinski definition) is 5. The third-order valence-corrected chi connectivity index (χ3v) is 6.72. The fourth-order valence-electron chi connectivity index (χ4n) is 1.67. The van der Waals surface area contributed by atoms with Crippen molar-refractivity contribution in [2.75, 3.05) is 41.5 Å². The quantitative estimate of drug-likeness (QED) is 0.393. The number of carbonyl (C=O) groups is 1. The molecule has 9 heteroatoms. The van der Waals surface area contributed by atoms with Crippen LogP contribution in [0.5, 0.6) is 0 Å². The zero-order valence-corrected chi connectivity index (χ0v) is 15.2. The number of rotatable bonds is 12. The van der Waals surface area contributed by atoms with Crippen molar-refractivity contribution in [2.45, 2.75) is 24.9 Å². The first kappa shape index (κ1) is 19.5. The summed E-state index contributed by atoms with van der Waals surface area (Å²) in [6.07, 6.45) is 1.74. The van der Waals surface area contributed by atoms with Crippen LogP contribution in [-0.4, -0.2) is 66.1 Å². The molecule has 0 unspecified atom stereocenters. The van der Waals surface area contributed by atoms with Crippen LogP contribution in [0, 0.1) is 0 Å². The minimum absolute atomic E-state index is 0.133. The third-order valence-electron chi connectivity index (χ3n) is 2.86. The SMILES string of the molecule is CO[SiH](CCCNC(=O)NCCC[SiH](OC)OC)OC. The van der Waals surface area contributed by atoms with Crippen LogP contribution in [0.25, 0.3) is 0 Å². The highest BCUT2D eigenvalue weighted by Crippen LogP contribution is 1.99. The van der Waals surface area contributed by atoms with Gasteiger partial charge in [-0.2, -0.15) is 0 Å². The predicted octanol–water partition coefficient (Wildman–Crippen LogP) is 0.0924. The first-order chi connectivity index (χ1) is 9.67. The Morgan fingerprint density at radius 2 is 1.15 bits per heavy atom. The Morgan fingerprint density at radius 3 is 1.45 bits per heavy atom. The van der Waals surface area contributed by atoms with Crippen LogP contribution in [-0.2, 0) is 17.7 Å². The molecule has 0 fully saturated rings. The molecule has 0 atom stereocenters. The van der Waals surface area contributed by atoms with Crippen molar-refractivity contribution in [3.8, 4) is 0 Å². The second-order valence-electron chi connectivity index (χ2n) is 4.27. The van der Waals surface area contributed by atoms with E-state index >= 15 is 0 Å². The summed E-state index contributed by atoms with van der Waals surface area (Å²) >= 11 is 0. The molecule has 0 aromatic heterocycles. The molecule has 0 saturated carbocycles. The van der Waals surface area contributed by atoms with Crippen LogP contribution < -0.4 is 10.6 Å². The molecule has 20 heavy (non-hydrogen) atoms. The zero-order valence-electron chi connectivity index (χ0n) is 12.9. The number of urea groups is 1. The van der Waals surface area contributed by atoms with Crippen molar-refractivity contribution in [1.82, 2.24) is 10.6 Å². The molecular weight excluding hydrogens is 296 g/mol. The smallest absolute Gasteiger partial charge is 0.320 e. The van der Waals surface area contributed by atoms with Gasteiger partial charge in [0.2, 0.25) is 0 Å². The second kappa shape index (κ2) is 13.5. The van der Waals surface area contributed by atoms with Gasteiger partial charge in [-0.3, -0.25) is 0 Å². The fourth-order valence-corrected chi connectivity index (χ4v) is 4.07. The topological polar surface area (TPSA) is 78.1 Å². The number of hydrogen-bond donors (Lipinski definition) is 2. The molecule has 0 bridgehead atoms. The minimum Gasteiger partial charge on any atom is -0.400 e. The second-order valence-corrected chi connectivity index (χ2v) is 9.03. The van der Waals surface area contributed by atoms with Gasteiger partial charge in [0.15, 0.2) is 0 Å². The van der Waals surface area contributed by atoms with Crippen molar-refractivity contribution >= 4 is 24.6 Å². The molecule has 0 aliphatic carbocycles. The van der Waals surface area contributed by atoms with Crippen molar-refractivity contribution < 1.29 is 22.5 Å². The van der Waals surface area contributed by atoms with Gasteiger partial charge < -0.3 is 28.3 Å². The van der Waals surface area contributed by atoms with Gasteiger partial charge in [0.1, 0.15) is 0 Å². The summed E-state index contributed by atoms with van der Waals surface area (Å²) in [5, 5.41) is 5.62. The van der Waals surface area contributed by atoms with Crippen molar-refractivity contribution in [1.29, 1.82) is 0 Å². The van der Waals surface area contributed by atoms with E-state index in [1.165, 1.54) is 0 Å². The summed E-state index contributed by atoms with van der Waals surface area (Å²) in [4.78, 5) is 11.5. The van der Waals surface area contributed by atoms with Gasteiger partial charge in [0, 0.05) is 41.5 Å². The molecule has 0 aromatic rings. The Kier molecular flexibility index (Phi) is 13.2. The van der Waals surface area contributed by atoms with E-state index in [0.717, 1.165) is 24.9 Å². The molecule has 0 saturated heterocycles. The summed E-state index contributed by atoms with van der Waals surface area (Å²) < 4.78 is 20.8. The number of amides is 2. The van der Waals surface area contributed by atoms with E-state index in [2.05, 4.69) is 10.6 Å². The lowest BCUT2D eigenvalue weighted by Gasteiger charge is -2.12. The first-order valence-corrected chi connectivity index (χ1v) is 10.3. The highest BCUT2D eigenvalue weighted by Gasteiger charge is 2.10. The van der Waals surface area contributed by atoms with E-state index in [9.17, 15) is 4.79 Å². The van der Waals surface area contributed by atoms with E-state index < -0.39 is 18.6 Å². The molecule has 0 heterocycles. The van der Waals surface area contributed by atoms with Gasteiger partial charge in [-0.25, -0.2) is 4.79 Å². The van der Waals surface area contributed by atoms with Crippen LogP contribution >= 0.6 is 0 Å². The van der Waals surface area contributed by atoms with E-state index in [-0.39, 0.29) is 6.03 Å². The van der Waals surface area contributed by atoms with Gasteiger partial charge in [0.25, 0.3) is 0 Å². The van der Waals surface area contributed by atoms with E-state index in [1.807, 2.05) is 0 Å².